The Balaban J connectivity index is 1.82. The highest BCUT2D eigenvalue weighted by Crippen LogP contribution is 2.34. The molecule has 0 bridgehead atoms. The molecular formula is C15H12BrClFNO. The molecule has 0 saturated carbocycles. The van der Waals surface area contributed by atoms with E-state index >= 15 is 0 Å². The third-order valence-corrected chi connectivity index (χ3v) is 4.00. The fourth-order valence-electron chi connectivity index (χ4n) is 2.30. The molecule has 0 aromatic heterocycles. The molecule has 0 fully saturated rings. The maximum absolute atomic E-state index is 13.0. The zero-order valence-corrected chi connectivity index (χ0v) is 12.9. The third kappa shape index (κ3) is 2.76. The Morgan fingerprint density at radius 3 is 2.95 bits per heavy atom. The van der Waals surface area contributed by atoms with Gasteiger partial charge in [0.05, 0.1) is 17.3 Å². The van der Waals surface area contributed by atoms with Gasteiger partial charge in [-0.3, -0.25) is 0 Å². The van der Waals surface area contributed by atoms with Crippen LogP contribution < -0.4 is 10.1 Å². The van der Waals surface area contributed by atoms with E-state index in [1.807, 2.05) is 6.07 Å². The van der Waals surface area contributed by atoms with Crippen molar-refractivity contribution in [3.05, 3.63) is 56.8 Å². The van der Waals surface area contributed by atoms with Gasteiger partial charge < -0.3 is 10.1 Å². The Labute approximate surface area is 130 Å². The number of fused-ring (bicyclic) bond motifs is 1. The standard InChI is InChI=1S/C15H12BrClFNO/c16-11-5-9-3-4-20-15(9)10(6-11)8-19-14-2-1-12(18)7-13(14)17/h1-2,5-7,19H,3-4,8H2. The van der Waals surface area contributed by atoms with Crippen LogP contribution in [0, 0.1) is 5.82 Å². The van der Waals surface area contributed by atoms with Gasteiger partial charge in [-0.05, 0) is 35.9 Å². The average molecular weight is 357 g/mol. The fraction of sp³-hybridized carbons (Fsp3) is 0.200. The number of benzene rings is 2. The van der Waals surface area contributed by atoms with Crippen molar-refractivity contribution in [1.82, 2.24) is 0 Å². The first kappa shape index (κ1) is 13.7. The first-order valence-corrected chi connectivity index (χ1v) is 7.43. The predicted octanol–water partition coefficient (Wildman–Crippen LogP) is 4.79. The molecule has 1 aliphatic heterocycles. The molecule has 5 heteroatoms. The molecule has 20 heavy (non-hydrogen) atoms. The zero-order valence-electron chi connectivity index (χ0n) is 10.6. The minimum Gasteiger partial charge on any atom is -0.493 e. The number of halogens is 3. The maximum Gasteiger partial charge on any atom is 0.127 e. The highest BCUT2D eigenvalue weighted by molar-refractivity contribution is 9.10. The SMILES string of the molecule is Fc1ccc(NCc2cc(Br)cc3c2OCC3)c(Cl)c1. The second kappa shape index (κ2) is 5.62. The summed E-state index contributed by atoms with van der Waals surface area (Å²) in [6, 6.07) is 8.42. The number of anilines is 1. The molecule has 0 spiro atoms. The van der Waals surface area contributed by atoms with Gasteiger partial charge in [-0.2, -0.15) is 0 Å². The number of rotatable bonds is 3. The van der Waals surface area contributed by atoms with E-state index in [9.17, 15) is 4.39 Å². The van der Waals surface area contributed by atoms with Crippen LogP contribution in [-0.2, 0) is 13.0 Å². The van der Waals surface area contributed by atoms with Crippen molar-refractivity contribution < 1.29 is 9.13 Å². The van der Waals surface area contributed by atoms with Crippen molar-refractivity contribution in [3.8, 4) is 5.75 Å². The molecule has 0 radical (unpaired) electrons. The van der Waals surface area contributed by atoms with Gasteiger partial charge in [-0.25, -0.2) is 4.39 Å². The Hall–Kier alpha value is -1.26. The molecule has 104 valence electrons. The first-order chi connectivity index (χ1) is 9.63. The van der Waals surface area contributed by atoms with Gasteiger partial charge in [0.2, 0.25) is 0 Å². The van der Waals surface area contributed by atoms with Crippen molar-refractivity contribution >= 4 is 33.2 Å². The van der Waals surface area contributed by atoms with Crippen LogP contribution in [0.2, 0.25) is 5.02 Å². The van der Waals surface area contributed by atoms with E-state index in [1.54, 1.807) is 6.07 Å². The Morgan fingerprint density at radius 2 is 2.15 bits per heavy atom. The lowest BCUT2D eigenvalue weighted by atomic mass is 10.1. The molecule has 0 amide bonds. The van der Waals surface area contributed by atoms with E-state index in [4.69, 9.17) is 16.3 Å². The van der Waals surface area contributed by atoms with E-state index in [-0.39, 0.29) is 5.82 Å². The lowest BCUT2D eigenvalue weighted by Gasteiger charge is -2.12. The van der Waals surface area contributed by atoms with Crippen molar-refractivity contribution in [2.45, 2.75) is 13.0 Å². The fourth-order valence-corrected chi connectivity index (χ4v) is 3.09. The van der Waals surface area contributed by atoms with Gasteiger partial charge in [-0.1, -0.05) is 27.5 Å². The minimum atomic E-state index is -0.341. The second-order valence-electron chi connectivity index (χ2n) is 4.63. The number of hydrogen-bond donors (Lipinski definition) is 1. The maximum atomic E-state index is 13.0. The van der Waals surface area contributed by atoms with Gasteiger partial charge in [0.25, 0.3) is 0 Å². The van der Waals surface area contributed by atoms with Crippen LogP contribution >= 0.6 is 27.5 Å². The van der Waals surface area contributed by atoms with E-state index in [0.29, 0.717) is 17.3 Å². The van der Waals surface area contributed by atoms with Gasteiger partial charge in [-0.15, -0.1) is 0 Å². The van der Waals surface area contributed by atoms with Gasteiger partial charge in [0.15, 0.2) is 0 Å². The van der Waals surface area contributed by atoms with Crippen LogP contribution in [0.1, 0.15) is 11.1 Å². The largest absolute Gasteiger partial charge is 0.493 e. The monoisotopic (exact) mass is 355 g/mol. The smallest absolute Gasteiger partial charge is 0.127 e. The average Bonchev–Trinajstić information content (AvgIpc) is 2.85. The number of nitrogens with one attached hydrogen (secondary N) is 1. The molecule has 2 nitrogen and oxygen atoms in total. The Morgan fingerprint density at radius 1 is 1.30 bits per heavy atom. The molecule has 1 heterocycles. The normalized spacial score (nSPS) is 12.9. The summed E-state index contributed by atoms with van der Waals surface area (Å²) in [4.78, 5) is 0. The molecule has 0 aliphatic carbocycles. The molecule has 0 atom stereocenters. The quantitative estimate of drug-likeness (QED) is 0.854. The first-order valence-electron chi connectivity index (χ1n) is 6.26. The number of hydrogen-bond acceptors (Lipinski definition) is 2. The zero-order chi connectivity index (χ0) is 14.1. The molecule has 0 saturated heterocycles. The van der Waals surface area contributed by atoms with Gasteiger partial charge >= 0.3 is 0 Å². The van der Waals surface area contributed by atoms with Gasteiger partial charge in [0.1, 0.15) is 11.6 Å². The lowest BCUT2D eigenvalue weighted by Crippen LogP contribution is -2.02. The van der Waals surface area contributed by atoms with Crippen molar-refractivity contribution in [1.29, 1.82) is 0 Å². The van der Waals surface area contributed by atoms with Gasteiger partial charge in [0, 0.05) is 23.0 Å². The minimum absolute atomic E-state index is 0.341. The highest BCUT2D eigenvalue weighted by Gasteiger charge is 2.17. The van der Waals surface area contributed by atoms with Crippen molar-refractivity contribution in [2.24, 2.45) is 0 Å². The van der Waals surface area contributed by atoms with Crippen LogP contribution in [0.15, 0.2) is 34.8 Å². The molecular weight excluding hydrogens is 345 g/mol. The van der Waals surface area contributed by atoms with Crippen LogP contribution in [-0.4, -0.2) is 6.61 Å². The summed E-state index contributed by atoms with van der Waals surface area (Å²) in [5, 5.41) is 3.59. The summed E-state index contributed by atoms with van der Waals surface area (Å²) < 4.78 is 19.7. The summed E-state index contributed by atoms with van der Waals surface area (Å²) >= 11 is 9.51. The molecule has 0 unspecified atom stereocenters. The molecule has 1 N–H and O–H groups in total. The van der Waals surface area contributed by atoms with Crippen LogP contribution in [0.3, 0.4) is 0 Å². The summed E-state index contributed by atoms with van der Waals surface area (Å²) in [7, 11) is 0. The highest BCUT2D eigenvalue weighted by atomic mass is 79.9. The van der Waals surface area contributed by atoms with E-state index in [0.717, 1.165) is 28.8 Å². The summed E-state index contributed by atoms with van der Waals surface area (Å²) in [5.74, 6) is 0.603. The van der Waals surface area contributed by atoms with Crippen molar-refractivity contribution in [3.63, 3.8) is 0 Å². The molecule has 2 aromatic carbocycles. The third-order valence-electron chi connectivity index (χ3n) is 3.23. The molecule has 1 aliphatic rings. The lowest BCUT2D eigenvalue weighted by molar-refractivity contribution is 0.354. The van der Waals surface area contributed by atoms with E-state index in [1.165, 1.54) is 17.7 Å². The van der Waals surface area contributed by atoms with Crippen LogP contribution in [0.5, 0.6) is 5.75 Å². The van der Waals surface area contributed by atoms with Crippen molar-refractivity contribution in [2.75, 3.05) is 11.9 Å². The van der Waals surface area contributed by atoms with E-state index < -0.39 is 0 Å². The Bertz CT molecular complexity index is 663. The predicted molar refractivity (Wildman–Crippen MR) is 82.1 cm³/mol. The van der Waals surface area contributed by atoms with Crippen LogP contribution in [0.25, 0.3) is 0 Å². The summed E-state index contributed by atoms with van der Waals surface area (Å²) in [5.41, 5.74) is 2.98. The van der Waals surface area contributed by atoms with Crippen LogP contribution in [0.4, 0.5) is 10.1 Å². The Kier molecular flexibility index (Phi) is 3.85. The summed E-state index contributed by atoms with van der Waals surface area (Å²) in [6.07, 6.45) is 0.930. The second-order valence-corrected chi connectivity index (χ2v) is 5.95. The molecule has 2 aromatic rings. The van der Waals surface area contributed by atoms with E-state index in [2.05, 4.69) is 27.3 Å². The topological polar surface area (TPSA) is 21.3 Å². The molecule has 3 rings (SSSR count). The summed E-state index contributed by atoms with van der Waals surface area (Å²) in [6.45, 7) is 1.29. The number of ether oxygens (including phenoxy) is 1.